The van der Waals surface area contributed by atoms with Gasteiger partial charge in [0.1, 0.15) is 0 Å². The molecule has 7 heteroatoms. The lowest BCUT2D eigenvalue weighted by Crippen LogP contribution is -2.51. The fourth-order valence-corrected chi connectivity index (χ4v) is 3.00. The zero-order valence-corrected chi connectivity index (χ0v) is 13.0. The molecule has 0 unspecified atom stereocenters. The van der Waals surface area contributed by atoms with E-state index in [9.17, 15) is 18.0 Å². The van der Waals surface area contributed by atoms with Crippen molar-refractivity contribution in [1.82, 2.24) is 10.2 Å². The fraction of sp³-hybridized carbons (Fsp3) is 0.462. The number of halogens is 4. The Labute approximate surface area is 128 Å². The highest BCUT2D eigenvalue weighted by Crippen LogP contribution is 2.33. The number of carbonyl (C=O) groups is 1. The molecule has 0 aromatic heterocycles. The topological polar surface area (TPSA) is 32.3 Å². The monoisotopic (exact) mass is 398 g/mol. The third-order valence-corrected chi connectivity index (χ3v) is 4.07. The molecule has 0 saturated carbocycles. The summed E-state index contributed by atoms with van der Waals surface area (Å²) >= 11 is 1.62. The molecule has 3 nitrogen and oxygen atoms in total. The van der Waals surface area contributed by atoms with E-state index in [1.807, 2.05) is 6.92 Å². The Bertz CT molecular complexity index is 519. The summed E-state index contributed by atoms with van der Waals surface area (Å²) in [5.74, 6) is -0.218. The third-order valence-electron chi connectivity index (χ3n) is 3.18. The Morgan fingerprint density at radius 1 is 1.45 bits per heavy atom. The van der Waals surface area contributed by atoms with Gasteiger partial charge in [-0.05, 0) is 47.7 Å². The first-order chi connectivity index (χ1) is 9.29. The number of rotatable bonds is 1. The van der Waals surface area contributed by atoms with Gasteiger partial charge in [-0.25, -0.2) is 0 Å². The van der Waals surface area contributed by atoms with E-state index >= 15 is 0 Å². The molecule has 0 aliphatic carbocycles. The Morgan fingerprint density at radius 3 is 2.70 bits per heavy atom. The first kappa shape index (κ1) is 15.6. The quantitative estimate of drug-likeness (QED) is 0.739. The van der Waals surface area contributed by atoms with Gasteiger partial charge in [0.25, 0.3) is 5.91 Å². The van der Waals surface area contributed by atoms with E-state index < -0.39 is 11.7 Å². The van der Waals surface area contributed by atoms with Crippen molar-refractivity contribution < 1.29 is 18.0 Å². The van der Waals surface area contributed by atoms with Gasteiger partial charge in [-0.3, -0.25) is 4.79 Å². The number of amides is 1. The van der Waals surface area contributed by atoms with Crippen LogP contribution in [0, 0.1) is 3.57 Å². The summed E-state index contributed by atoms with van der Waals surface area (Å²) in [6, 6.07) is 3.72. The first-order valence-corrected chi connectivity index (χ1v) is 7.26. The lowest BCUT2D eigenvalue weighted by atomic mass is 10.1. The van der Waals surface area contributed by atoms with Crippen LogP contribution in [0.4, 0.5) is 13.2 Å². The number of carbonyl (C=O) groups excluding carboxylic acids is 1. The van der Waals surface area contributed by atoms with E-state index in [0.717, 1.165) is 6.07 Å². The van der Waals surface area contributed by atoms with Gasteiger partial charge in [-0.15, -0.1) is 0 Å². The summed E-state index contributed by atoms with van der Waals surface area (Å²) < 4.78 is 38.1. The number of alkyl halides is 3. The maximum absolute atomic E-state index is 12.7. The summed E-state index contributed by atoms with van der Waals surface area (Å²) in [6.45, 7) is 3.80. The Hall–Kier alpha value is -0.830. The maximum atomic E-state index is 12.7. The van der Waals surface area contributed by atoms with Gasteiger partial charge in [0, 0.05) is 34.8 Å². The van der Waals surface area contributed by atoms with Crippen molar-refractivity contribution in [3.05, 3.63) is 32.9 Å². The minimum atomic E-state index is -4.39. The van der Waals surface area contributed by atoms with Crippen LogP contribution in [0.25, 0.3) is 0 Å². The molecule has 1 aromatic rings. The van der Waals surface area contributed by atoms with Crippen molar-refractivity contribution in [3.63, 3.8) is 0 Å². The number of piperazine rings is 1. The predicted molar refractivity (Wildman–Crippen MR) is 77.5 cm³/mol. The average Bonchev–Trinajstić information content (AvgIpc) is 2.36. The molecule has 1 aliphatic heterocycles. The second kappa shape index (κ2) is 5.88. The highest BCUT2D eigenvalue weighted by Gasteiger charge is 2.33. The summed E-state index contributed by atoms with van der Waals surface area (Å²) in [5, 5.41) is 3.21. The van der Waals surface area contributed by atoms with Crippen molar-refractivity contribution in [2.45, 2.75) is 19.1 Å². The van der Waals surface area contributed by atoms with Gasteiger partial charge in [-0.2, -0.15) is 13.2 Å². The summed E-state index contributed by atoms with van der Waals surface area (Å²) in [7, 11) is 0. The molecule has 1 saturated heterocycles. The van der Waals surface area contributed by atoms with Crippen LogP contribution in [0.15, 0.2) is 18.2 Å². The van der Waals surface area contributed by atoms with Crippen LogP contribution in [0.1, 0.15) is 22.8 Å². The summed E-state index contributed by atoms with van der Waals surface area (Å²) in [4.78, 5) is 13.9. The number of hydrogen-bond donors (Lipinski definition) is 1. The normalized spacial score (nSPS) is 20.1. The van der Waals surface area contributed by atoms with E-state index in [-0.39, 0.29) is 15.5 Å². The van der Waals surface area contributed by atoms with Crippen molar-refractivity contribution in [1.29, 1.82) is 0 Å². The van der Waals surface area contributed by atoms with Crippen LogP contribution in [-0.2, 0) is 6.18 Å². The van der Waals surface area contributed by atoms with Gasteiger partial charge in [-0.1, -0.05) is 0 Å². The Balaban J connectivity index is 2.21. The van der Waals surface area contributed by atoms with Gasteiger partial charge in [0.2, 0.25) is 0 Å². The maximum Gasteiger partial charge on any atom is 0.417 e. The van der Waals surface area contributed by atoms with Crippen molar-refractivity contribution in [2.75, 3.05) is 19.6 Å². The fourth-order valence-electron chi connectivity index (χ4n) is 2.18. The van der Waals surface area contributed by atoms with E-state index in [4.69, 9.17) is 0 Å². The Kier molecular flexibility index (Phi) is 4.58. The molecule has 0 bridgehead atoms. The highest BCUT2D eigenvalue weighted by molar-refractivity contribution is 14.1. The summed E-state index contributed by atoms with van der Waals surface area (Å²) in [6.07, 6.45) is -4.39. The molecule has 1 atom stereocenters. The zero-order chi connectivity index (χ0) is 14.9. The number of nitrogens with one attached hydrogen (secondary N) is 1. The number of hydrogen-bond acceptors (Lipinski definition) is 2. The second-order valence-corrected chi connectivity index (χ2v) is 5.96. The Morgan fingerprint density at radius 2 is 2.15 bits per heavy atom. The van der Waals surface area contributed by atoms with Crippen molar-refractivity contribution in [2.24, 2.45) is 0 Å². The lowest BCUT2D eigenvalue weighted by Gasteiger charge is -2.32. The molecule has 0 radical (unpaired) electrons. The van der Waals surface area contributed by atoms with Gasteiger partial charge >= 0.3 is 6.18 Å². The average molecular weight is 398 g/mol. The first-order valence-electron chi connectivity index (χ1n) is 6.18. The zero-order valence-electron chi connectivity index (χ0n) is 10.8. The van der Waals surface area contributed by atoms with Crippen molar-refractivity contribution in [3.8, 4) is 0 Å². The second-order valence-electron chi connectivity index (χ2n) is 4.80. The molecule has 2 rings (SSSR count). The number of benzene rings is 1. The van der Waals surface area contributed by atoms with Crippen LogP contribution in [0.5, 0.6) is 0 Å². The minimum Gasteiger partial charge on any atom is -0.336 e. The highest BCUT2D eigenvalue weighted by atomic mass is 127. The molecule has 20 heavy (non-hydrogen) atoms. The molecule has 110 valence electrons. The molecule has 0 spiro atoms. The van der Waals surface area contributed by atoms with Crippen LogP contribution in [0.3, 0.4) is 0 Å². The van der Waals surface area contributed by atoms with E-state index in [1.165, 1.54) is 12.1 Å². The lowest BCUT2D eigenvalue weighted by molar-refractivity contribution is -0.138. The standard InChI is InChI=1S/C13H14F3IN2O/c1-8-7-19(5-4-18-8)12(20)9-2-3-10(11(17)6-9)13(14,15)16/h2-3,6,8,18H,4-5,7H2,1H3/t8-/m0/s1. The molecule has 1 heterocycles. The van der Waals surface area contributed by atoms with Crippen molar-refractivity contribution >= 4 is 28.5 Å². The van der Waals surface area contributed by atoms with Crippen LogP contribution in [-0.4, -0.2) is 36.5 Å². The van der Waals surface area contributed by atoms with Gasteiger partial charge in [0.05, 0.1) is 5.56 Å². The molecule has 1 fully saturated rings. The third kappa shape index (κ3) is 3.43. The van der Waals surface area contributed by atoms with E-state index in [1.54, 1.807) is 27.5 Å². The smallest absolute Gasteiger partial charge is 0.336 e. The van der Waals surface area contributed by atoms with Crippen LogP contribution >= 0.6 is 22.6 Å². The van der Waals surface area contributed by atoms with E-state index in [0.29, 0.717) is 25.2 Å². The minimum absolute atomic E-state index is 0.0455. The largest absolute Gasteiger partial charge is 0.417 e. The van der Waals surface area contributed by atoms with Gasteiger partial charge < -0.3 is 10.2 Å². The molecule has 1 N–H and O–H groups in total. The molecule has 1 aromatic carbocycles. The van der Waals surface area contributed by atoms with Gasteiger partial charge in [0.15, 0.2) is 0 Å². The van der Waals surface area contributed by atoms with Crippen LogP contribution < -0.4 is 5.32 Å². The SMILES string of the molecule is C[C@H]1CN(C(=O)c2ccc(C(F)(F)F)c(I)c2)CCN1. The summed E-state index contributed by atoms with van der Waals surface area (Å²) in [5.41, 5.74) is -0.403. The molecule has 1 aliphatic rings. The predicted octanol–water partition coefficient (Wildman–Crippen LogP) is 2.74. The van der Waals surface area contributed by atoms with E-state index in [2.05, 4.69) is 5.32 Å². The molecular weight excluding hydrogens is 384 g/mol. The molecular formula is C13H14F3IN2O. The number of nitrogens with zero attached hydrogens (tertiary/aromatic N) is 1. The molecule has 1 amide bonds. The van der Waals surface area contributed by atoms with Crippen LogP contribution in [0.2, 0.25) is 0 Å².